The van der Waals surface area contributed by atoms with Gasteiger partial charge in [0.05, 0.1) is 0 Å². The summed E-state index contributed by atoms with van der Waals surface area (Å²) >= 11 is 0. The summed E-state index contributed by atoms with van der Waals surface area (Å²) in [6.07, 6.45) is 7.41. The van der Waals surface area contributed by atoms with E-state index in [0.717, 1.165) is 32.6 Å². The number of nitrogens with one attached hydrogen (secondary N) is 1. The number of nitrogens with zero attached hydrogens (tertiary/aromatic N) is 2. The predicted octanol–water partition coefficient (Wildman–Crippen LogP) is 3.65. The lowest BCUT2D eigenvalue weighted by atomic mass is 10.1. The molecule has 2 rings (SSSR count). The van der Waals surface area contributed by atoms with Crippen LogP contribution in [0, 0.1) is 5.92 Å². The van der Waals surface area contributed by atoms with Gasteiger partial charge in [-0.1, -0.05) is 56.5 Å². The fourth-order valence-corrected chi connectivity index (χ4v) is 3.25. The average molecular weight is 458 g/mol. The highest BCUT2D eigenvalue weighted by Crippen LogP contribution is 2.17. The smallest absolute Gasteiger partial charge is 0.188 e. The maximum absolute atomic E-state index is 5.96. The van der Waals surface area contributed by atoms with Crippen molar-refractivity contribution >= 4 is 29.9 Å². The van der Waals surface area contributed by atoms with Crippen molar-refractivity contribution < 1.29 is 0 Å². The maximum atomic E-state index is 5.96. The summed E-state index contributed by atoms with van der Waals surface area (Å²) in [5.74, 6) is 1.27. The van der Waals surface area contributed by atoms with Crippen LogP contribution in [0.5, 0.6) is 0 Å². The van der Waals surface area contributed by atoms with Crippen molar-refractivity contribution in [2.45, 2.75) is 45.4 Å². The van der Waals surface area contributed by atoms with Crippen molar-refractivity contribution in [1.29, 1.82) is 0 Å². The van der Waals surface area contributed by atoms with Crippen LogP contribution in [0.1, 0.15) is 44.6 Å². The van der Waals surface area contributed by atoms with Gasteiger partial charge in [0, 0.05) is 26.2 Å². The van der Waals surface area contributed by atoms with Gasteiger partial charge >= 0.3 is 0 Å². The largest absolute Gasteiger partial charge is 0.370 e. The van der Waals surface area contributed by atoms with Crippen molar-refractivity contribution in [3.63, 3.8) is 0 Å². The Morgan fingerprint density at radius 2 is 2.04 bits per heavy atom. The molecule has 0 amide bonds. The third-order valence-electron chi connectivity index (χ3n) is 4.79. The number of likely N-dealkylation sites (tertiary alicyclic amines) is 1. The number of halogens is 1. The van der Waals surface area contributed by atoms with Crippen molar-refractivity contribution in [2.75, 3.05) is 32.7 Å². The normalized spacial score (nSPS) is 18.1. The molecule has 5 heteroatoms. The van der Waals surface area contributed by atoms with Crippen LogP contribution in [0.25, 0.3) is 0 Å². The van der Waals surface area contributed by atoms with Gasteiger partial charge in [0.2, 0.25) is 0 Å². The monoisotopic (exact) mass is 458 g/mol. The van der Waals surface area contributed by atoms with Crippen molar-refractivity contribution in [3.8, 4) is 0 Å². The summed E-state index contributed by atoms with van der Waals surface area (Å²) in [5, 5.41) is 3.24. The van der Waals surface area contributed by atoms with E-state index in [1.165, 1.54) is 44.2 Å². The van der Waals surface area contributed by atoms with E-state index in [9.17, 15) is 0 Å². The molecule has 1 aliphatic heterocycles. The van der Waals surface area contributed by atoms with Gasteiger partial charge in [0.15, 0.2) is 5.96 Å². The van der Waals surface area contributed by atoms with Gasteiger partial charge in [0.1, 0.15) is 0 Å². The fraction of sp³-hybridized carbons (Fsp3) is 0.650. The Morgan fingerprint density at radius 1 is 1.24 bits per heavy atom. The van der Waals surface area contributed by atoms with Gasteiger partial charge in [-0.25, -0.2) is 0 Å². The topological polar surface area (TPSA) is 53.6 Å². The van der Waals surface area contributed by atoms with Crippen molar-refractivity contribution in [2.24, 2.45) is 16.6 Å². The van der Waals surface area contributed by atoms with E-state index >= 15 is 0 Å². The summed E-state index contributed by atoms with van der Waals surface area (Å²) in [6, 6.07) is 10.7. The van der Waals surface area contributed by atoms with Gasteiger partial charge in [-0.2, -0.15) is 0 Å². The van der Waals surface area contributed by atoms with E-state index in [0.29, 0.717) is 11.9 Å². The lowest BCUT2D eigenvalue weighted by molar-refractivity contribution is 0.329. The molecular weight excluding hydrogens is 423 g/mol. The highest BCUT2D eigenvalue weighted by molar-refractivity contribution is 14.0. The third kappa shape index (κ3) is 9.45. The van der Waals surface area contributed by atoms with E-state index < -0.39 is 0 Å². The maximum Gasteiger partial charge on any atom is 0.188 e. The number of hydrogen-bond acceptors (Lipinski definition) is 2. The van der Waals surface area contributed by atoms with Gasteiger partial charge in [-0.3, -0.25) is 4.99 Å². The Bertz CT molecular complexity index is 478. The van der Waals surface area contributed by atoms with Crippen LogP contribution in [0.15, 0.2) is 35.3 Å². The van der Waals surface area contributed by atoms with E-state index in [4.69, 9.17) is 5.73 Å². The van der Waals surface area contributed by atoms with Crippen molar-refractivity contribution in [3.05, 3.63) is 35.9 Å². The first-order valence-corrected chi connectivity index (χ1v) is 9.58. The van der Waals surface area contributed by atoms with Crippen LogP contribution >= 0.6 is 24.0 Å². The molecule has 1 unspecified atom stereocenters. The molecule has 1 aromatic carbocycles. The molecule has 0 saturated carbocycles. The number of nitrogens with two attached hydrogens (primary N) is 1. The molecule has 1 atom stereocenters. The lowest BCUT2D eigenvalue weighted by Crippen LogP contribution is -2.33. The minimum Gasteiger partial charge on any atom is -0.370 e. The minimum absolute atomic E-state index is 0. The molecule has 1 aromatic rings. The molecule has 142 valence electrons. The number of rotatable bonds is 10. The van der Waals surface area contributed by atoms with Crippen molar-refractivity contribution in [1.82, 2.24) is 10.2 Å². The summed E-state index contributed by atoms with van der Waals surface area (Å²) in [5.41, 5.74) is 7.39. The quantitative estimate of drug-likeness (QED) is 0.244. The fourth-order valence-electron chi connectivity index (χ4n) is 3.25. The highest BCUT2D eigenvalue weighted by Gasteiger charge is 2.21. The van der Waals surface area contributed by atoms with Gasteiger partial charge in [-0.05, 0) is 37.3 Å². The molecule has 0 aromatic heterocycles. The lowest BCUT2D eigenvalue weighted by Gasteiger charge is -2.15. The molecule has 1 aliphatic rings. The van der Waals surface area contributed by atoms with Gasteiger partial charge in [-0.15, -0.1) is 24.0 Å². The average Bonchev–Trinajstić information content (AvgIpc) is 3.07. The van der Waals surface area contributed by atoms with Crippen LogP contribution in [-0.4, -0.2) is 43.6 Å². The standard InChI is InChI=1S/C20H34N4.HI/c1-2-3-4-8-13-22-20(21)23-16-19-12-15-24(17-19)14-11-18-9-6-5-7-10-18;/h5-7,9-10,19H,2-4,8,11-17H2,1H3,(H3,21,22,23);1H. The zero-order valence-electron chi connectivity index (χ0n) is 15.6. The molecule has 1 saturated heterocycles. The first kappa shape index (κ1) is 22.2. The first-order chi connectivity index (χ1) is 11.8. The van der Waals surface area contributed by atoms with E-state index in [1.807, 2.05) is 0 Å². The number of unbranched alkanes of at least 4 members (excludes halogenated alkanes) is 3. The second-order valence-electron chi connectivity index (χ2n) is 6.90. The van der Waals surface area contributed by atoms with Crippen LogP contribution < -0.4 is 11.1 Å². The molecular formula is C20H35IN4. The Morgan fingerprint density at radius 3 is 2.80 bits per heavy atom. The summed E-state index contributed by atoms with van der Waals surface area (Å²) in [6.45, 7) is 7.53. The number of guanidine groups is 1. The molecule has 0 aliphatic carbocycles. The van der Waals surface area contributed by atoms with E-state index in [2.05, 4.69) is 52.5 Å². The van der Waals surface area contributed by atoms with E-state index in [1.54, 1.807) is 0 Å². The zero-order valence-corrected chi connectivity index (χ0v) is 18.0. The summed E-state index contributed by atoms with van der Waals surface area (Å²) in [7, 11) is 0. The highest BCUT2D eigenvalue weighted by atomic mass is 127. The molecule has 0 radical (unpaired) electrons. The molecule has 3 N–H and O–H groups in total. The first-order valence-electron chi connectivity index (χ1n) is 9.58. The van der Waals surface area contributed by atoms with Crippen LogP contribution in [0.4, 0.5) is 0 Å². The van der Waals surface area contributed by atoms with Crippen LogP contribution in [0.3, 0.4) is 0 Å². The molecule has 1 heterocycles. The minimum atomic E-state index is 0. The molecule has 4 nitrogen and oxygen atoms in total. The van der Waals surface area contributed by atoms with E-state index in [-0.39, 0.29) is 24.0 Å². The molecule has 25 heavy (non-hydrogen) atoms. The van der Waals surface area contributed by atoms with Gasteiger partial charge in [0.25, 0.3) is 0 Å². The molecule has 0 spiro atoms. The Hall–Kier alpha value is -0.820. The SMILES string of the molecule is CCCCCCNC(N)=NCC1CCN(CCc2ccccc2)C1.I. The summed E-state index contributed by atoms with van der Waals surface area (Å²) < 4.78 is 0. The van der Waals surface area contributed by atoms with Crippen LogP contribution in [-0.2, 0) is 6.42 Å². The number of aliphatic imine (C=N–C) groups is 1. The molecule has 1 fully saturated rings. The summed E-state index contributed by atoms with van der Waals surface area (Å²) in [4.78, 5) is 7.09. The second-order valence-corrected chi connectivity index (χ2v) is 6.90. The Labute approximate surface area is 170 Å². The molecule has 0 bridgehead atoms. The zero-order chi connectivity index (χ0) is 17.0. The Balaban J connectivity index is 0.00000312. The van der Waals surface area contributed by atoms with Crippen LogP contribution in [0.2, 0.25) is 0 Å². The third-order valence-corrected chi connectivity index (χ3v) is 4.79. The Kier molecular flexibility index (Phi) is 11.9. The second kappa shape index (κ2) is 13.4. The predicted molar refractivity (Wildman–Crippen MR) is 119 cm³/mol. The number of benzene rings is 1. The number of hydrogen-bond donors (Lipinski definition) is 2. The van der Waals surface area contributed by atoms with Gasteiger partial charge < -0.3 is 16.0 Å².